The summed E-state index contributed by atoms with van der Waals surface area (Å²) in [4.78, 5) is 23.8. The van der Waals surface area contributed by atoms with Crippen molar-refractivity contribution in [3.05, 3.63) is 90.5 Å². The van der Waals surface area contributed by atoms with Crippen molar-refractivity contribution < 1.29 is 19.1 Å². The average Bonchev–Trinajstić information content (AvgIpc) is 2.75. The van der Waals surface area contributed by atoms with Crippen LogP contribution < -0.4 is 10.1 Å². The monoisotopic (exact) mass is 389 g/mol. The first-order valence-corrected chi connectivity index (χ1v) is 9.51. The third kappa shape index (κ3) is 7.14. The quantitative estimate of drug-likeness (QED) is 0.524. The molecular weight excluding hydrogens is 366 g/mol. The first-order chi connectivity index (χ1) is 14.2. The van der Waals surface area contributed by atoms with Gasteiger partial charge in [0.15, 0.2) is 0 Å². The molecule has 0 radical (unpaired) electrons. The van der Waals surface area contributed by atoms with Gasteiger partial charge in [0, 0.05) is 18.5 Å². The van der Waals surface area contributed by atoms with Gasteiger partial charge in [-0.1, -0.05) is 48.5 Å². The highest BCUT2D eigenvalue weighted by atomic mass is 16.5. The fourth-order valence-electron chi connectivity index (χ4n) is 2.67. The van der Waals surface area contributed by atoms with E-state index in [-0.39, 0.29) is 24.7 Å². The number of hydrogen-bond donors (Lipinski definition) is 1. The van der Waals surface area contributed by atoms with Crippen LogP contribution in [0.3, 0.4) is 0 Å². The van der Waals surface area contributed by atoms with Crippen molar-refractivity contribution >= 4 is 17.6 Å². The highest BCUT2D eigenvalue weighted by Gasteiger charge is 2.09. The van der Waals surface area contributed by atoms with Gasteiger partial charge in [-0.05, 0) is 42.0 Å². The van der Waals surface area contributed by atoms with E-state index in [1.54, 1.807) is 24.3 Å². The van der Waals surface area contributed by atoms with E-state index in [4.69, 9.17) is 9.47 Å². The Morgan fingerprint density at radius 2 is 1.34 bits per heavy atom. The minimum Gasteiger partial charge on any atom is -0.465 e. The van der Waals surface area contributed by atoms with Gasteiger partial charge in [0.05, 0.1) is 13.0 Å². The third-order valence-electron chi connectivity index (χ3n) is 4.17. The molecule has 148 valence electrons. The van der Waals surface area contributed by atoms with E-state index < -0.39 is 0 Å². The van der Waals surface area contributed by atoms with Crippen LogP contribution in [0.25, 0.3) is 0 Å². The van der Waals surface area contributed by atoms with E-state index >= 15 is 0 Å². The van der Waals surface area contributed by atoms with Crippen LogP contribution in [0, 0.1) is 0 Å². The molecule has 5 heteroatoms. The molecule has 5 nitrogen and oxygen atoms in total. The average molecular weight is 389 g/mol. The van der Waals surface area contributed by atoms with Gasteiger partial charge in [-0.2, -0.15) is 0 Å². The maximum atomic E-state index is 12.0. The third-order valence-corrected chi connectivity index (χ3v) is 4.17. The Morgan fingerprint density at radius 1 is 0.724 bits per heavy atom. The summed E-state index contributed by atoms with van der Waals surface area (Å²) < 4.78 is 10.9. The Hall–Kier alpha value is -3.60. The van der Waals surface area contributed by atoms with Gasteiger partial charge >= 0.3 is 5.97 Å². The van der Waals surface area contributed by atoms with E-state index in [1.165, 1.54) is 0 Å². The molecule has 0 aliphatic rings. The second-order valence-electron chi connectivity index (χ2n) is 6.44. The number of hydrogen-bond acceptors (Lipinski definition) is 4. The maximum absolute atomic E-state index is 12.0. The molecule has 0 aliphatic carbocycles. The number of anilines is 1. The minimum absolute atomic E-state index is 0.0514. The van der Waals surface area contributed by atoms with E-state index in [1.807, 2.05) is 60.7 Å². The van der Waals surface area contributed by atoms with Crippen molar-refractivity contribution in [3.63, 3.8) is 0 Å². The maximum Gasteiger partial charge on any atom is 0.306 e. The standard InChI is InChI=1S/C24H23NO4/c26-23(15-16-24(27)28-18-17-19-7-3-1-4-8-19)25-20-11-13-22(14-12-20)29-21-9-5-2-6-10-21/h1-14H,15-18H2,(H,25,26). The summed E-state index contributed by atoms with van der Waals surface area (Å²) in [5.74, 6) is 0.815. The van der Waals surface area contributed by atoms with Crippen molar-refractivity contribution in [1.29, 1.82) is 0 Å². The molecule has 0 aliphatic heterocycles. The smallest absolute Gasteiger partial charge is 0.306 e. The summed E-state index contributed by atoms with van der Waals surface area (Å²) in [5, 5.41) is 2.77. The molecule has 0 saturated heterocycles. The zero-order chi connectivity index (χ0) is 20.3. The lowest BCUT2D eigenvalue weighted by Crippen LogP contribution is -2.15. The van der Waals surface area contributed by atoms with Crippen molar-refractivity contribution in [2.24, 2.45) is 0 Å². The molecule has 0 unspecified atom stereocenters. The van der Waals surface area contributed by atoms with Crippen LogP contribution in [0.2, 0.25) is 0 Å². The fraction of sp³-hybridized carbons (Fsp3) is 0.167. The molecule has 1 N–H and O–H groups in total. The van der Waals surface area contributed by atoms with Crippen LogP contribution in [0.4, 0.5) is 5.69 Å². The van der Waals surface area contributed by atoms with Crippen molar-refractivity contribution in [1.82, 2.24) is 0 Å². The molecule has 3 aromatic rings. The molecule has 0 aromatic heterocycles. The predicted molar refractivity (Wildman–Crippen MR) is 112 cm³/mol. The van der Waals surface area contributed by atoms with Crippen LogP contribution >= 0.6 is 0 Å². The number of benzene rings is 3. The lowest BCUT2D eigenvalue weighted by Gasteiger charge is -2.08. The molecule has 3 rings (SSSR count). The van der Waals surface area contributed by atoms with Gasteiger partial charge in [-0.3, -0.25) is 9.59 Å². The van der Waals surface area contributed by atoms with Crippen molar-refractivity contribution in [2.45, 2.75) is 19.3 Å². The summed E-state index contributed by atoms with van der Waals surface area (Å²) in [6, 6.07) is 26.3. The zero-order valence-corrected chi connectivity index (χ0v) is 16.0. The lowest BCUT2D eigenvalue weighted by atomic mass is 10.2. The van der Waals surface area contributed by atoms with E-state index in [0.29, 0.717) is 24.5 Å². The predicted octanol–water partition coefficient (Wildman–Crippen LogP) is 4.98. The van der Waals surface area contributed by atoms with Crippen LogP contribution in [-0.2, 0) is 20.7 Å². The first-order valence-electron chi connectivity index (χ1n) is 9.51. The second kappa shape index (κ2) is 10.7. The van der Waals surface area contributed by atoms with E-state index in [2.05, 4.69) is 5.32 Å². The fourth-order valence-corrected chi connectivity index (χ4v) is 2.67. The summed E-state index contributed by atoms with van der Waals surface area (Å²) in [6.07, 6.45) is 0.790. The number of ether oxygens (including phenoxy) is 2. The van der Waals surface area contributed by atoms with Gasteiger partial charge in [0.1, 0.15) is 11.5 Å². The topological polar surface area (TPSA) is 64.6 Å². The molecule has 1 amide bonds. The SMILES string of the molecule is O=C(CCC(=O)OCCc1ccccc1)Nc1ccc(Oc2ccccc2)cc1. The highest BCUT2D eigenvalue weighted by molar-refractivity contribution is 5.92. The number of carbonyl (C=O) groups excluding carboxylic acids is 2. The molecule has 29 heavy (non-hydrogen) atoms. The molecule has 0 bridgehead atoms. The molecule has 0 fully saturated rings. The Balaban J connectivity index is 1.36. The Labute approximate surface area is 170 Å². The molecule has 0 heterocycles. The van der Waals surface area contributed by atoms with Crippen LogP contribution in [0.15, 0.2) is 84.9 Å². The van der Waals surface area contributed by atoms with E-state index in [0.717, 1.165) is 11.3 Å². The lowest BCUT2D eigenvalue weighted by molar-refractivity contribution is -0.144. The minimum atomic E-state index is -0.373. The molecule has 0 spiro atoms. The number of nitrogens with one attached hydrogen (secondary N) is 1. The van der Waals surface area contributed by atoms with Gasteiger partial charge in [-0.15, -0.1) is 0 Å². The summed E-state index contributed by atoms with van der Waals surface area (Å²) in [5.41, 5.74) is 1.76. The van der Waals surface area contributed by atoms with Gasteiger partial charge in [0.25, 0.3) is 0 Å². The van der Waals surface area contributed by atoms with Crippen molar-refractivity contribution in [3.8, 4) is 11.5 Å². The number of esters is 1. The zero-order valence-electron chi connectivity index (χ0n) is 16.0. The molecule has 0 atom stereocenters. The summed E-state index contributed by atoms with van der Waals surface area (Å²) in [7, 11) is 0. The Morgan fingerprint density at radius 3 is 2.03 bits per heavy atom. The molecular formula is C24H23NO4. The van der Waals surface area contributed by atoms with Crippen LogP contribution in [-0.4, -0.2) is 18.5 Å². The highest BCUT2D eigenvalue weighted by Crippen LogP contribution is 2.22. The van der Waals surface area contributed by atoms with Gasteiger partial charge in [-0.25, -0.2) is 0 Å². The Bertz CT molecular complexity index is 909. The summed E-state index contributed by atoms with van der Waals surface area (Å²) >= 11 is 0. The van der Waals surface area contributed by atoms with Crippen LogP contribution in [0.1, 0.15) is 18.4 Å². The normalized spacial score (nSPS) is 10.2. The van der Waals surface area contributed by atoms with Crippen LogP contribution in [0.5, 0.6) is 11.5 Å². The summed E-state index contributed by atoms with van der Waals surface area (Å²) in [6.45, 7) is 0.313. The van der Waals surface area contributed by atoms with Crippen molar-refractivity contribution in [2.75, 3.05) is 11.9 Å². The van der Waals surface area contributed by atoms with Gasteiger partial charge < -0.3 is 14.8 Å². The molecule has 3 aromatic carbocycles. The number of para-hydroxylation sites is 1. The van der Waals surface area contributed by atoms with Gasteiger partial charge in [0.2, 0.25) is 5.91 Å². The van der Waals surface area contributed by atoms with E-state index in [9.17, 15) is 9.59 Å². The number of rotatable bonds is 9. The second-order valence-corrected chi connectivity index (χ2v) is 6.44. The Kier molecular flexibility index (Phi) is 7.41. The first kappa shape index (κ1) is 20.1. The largest absolute Gasteiger partial charge is 0.465 e. The number of amides is 1. The molecule has 0 saturated carbocycles. The number of carbonyl (C=O) groups is 2.